The molecule has 0 spiro atoms. The van der Waals surface area contributed by atoms with Crippen LogP contribution in [0.5, 0.6) is 0 Å². The van der Waals surface area contributed by atoms with Gasteiger partial charge in [0, 0.05) is 16.6 Å². The molecular formula is C23H21N5O3S. The molecule has 0 radical (unpaired) electrons. The predicted octanol–water partition coefficient (Wildman–Crippen LogP) is 2.92. The van der Waals surface area contributed by atoms with Gasteiger partial charge in [-0.05, 0) is 36.8 Å². The van der Waals surface area contributed by atoms with Gasteiger partial charge in [-0.15, -0.1) is 11.3 Å². The largest absolute Gasteiger partial charge is 0.368 e. The topological polar surface area (TPSA) is 119 Å². The molecule has 0 saturated carbocycles. The minimum absolute atomic E-state index is 0.253. The molecule has 0 atom stereocenters. The number of aromatic nitrogens is 2. The highest BCUT2D eigenvalue weighted by atomic mass is 32.1. The normalized spacial score (nSPS) is 10.8. The summed E-state index contributed by atoms with van der Waals surface area (Å²) in [7, 11) is 0. The number of hydrogen-bond acceptors (Lipinski definition) is 5. The van der Waals surface area contributed by atoms with Crippen molar-refractivity contribution in [2.45, 2.75) is 13.5 Å². The number of rotatable bonds is 7. The number of hydrogen-bond donors (Lipinski definition) is 3. The first kappa shape index (κ1) is 21.3. The van der Waals surface area contributed by atoms with E-state index in [0.717, 1.165) is 21.5 Å². The second-order valence-corrected chi connectivity index (χ2v) is 8.27. The number of benzene rings is 2. The molecule has 162 valence electrons. The molecule has 4 aromatic rings. The van der Waals surface area contributed by atoms with E-state index in [1.165, 1.54) is 11.3 Å². The summed E-state index contributed by atoms with van der Waals surface area (Å²) in [5.74, 6) is -1.35. The highest BCUT2D eigenvalue weighted by Gasteiger charge is 2.17. The van der Waals surface area contributed by atoms with Gasteiger partial charge in [-0.1, -0.05) is 36.4 Å². The maximum atomic E-state index is 12.9. The molecule has 3 amide bonds. The Bertz CT molecular complexity index is 1310. The van der Waals surface area contributed by atoms with Gasteiger partial charge in [0.15, 0.2) is 0 Å². The van der Waals surface area contributed by atoms with Gasteiger partial charge in [-0.25, -0.2) is 0 Å². The number of nitrogens with one attached hydrogen (secondary N) is 2. The Labute approximate surface area is 188 Å². The molecule has 0 aliphatic rings. The second-order valence-electron chi connectivity index (χ2n) is 7.24. The fourth-order valence-electron chi connectivity index (χ4n) is 3.29. The Hall–Kier alpha value is -3.98. The van der Waals surface area contributed by atoms with Crippen LogP contribution in [0.1, 0.15) is 31.3 Å². The molecule has 2 aromatic carbocycles. The molecule has 9 heteroatoms. The SMILES string of the molecule is Cc1nn(Cc2ccccc2)c2sc(C(=O)Nc3cccc(C(=O)NCC(N)=O)c3)cc12. The lowest BCUT2D eigenvalue weighted by Crippen LogP contribution is -2.33. The van der Waals surface area contributed by atoms with E-state index >= 15 is 0 Å². The molecule has 8 nitrogen and oxygen atoms in total. The third kappa shape index (κ3) is 4.68. The summed E-state index contributed by atoms with van der Waals surface area (Å²) < 4.78 is 1.91. The van der Waals surface area contributed by atoms with Crippen LogP contribution in [0.4, 0.5) is 5.69 Å². The molecule has 0 saturated heterocycles. The zero-order valence-corrected chi connectivity index (χ0v) is 18.1. The van der Waals surface area contributed by atoms with E-state index in [0.29, 0.717) is 22.7 Å². The third-order valence-corrected chi connectivity index (χ3v) is 5.96. The van der Waals surface area contributed by atoms with E-state index in [2.05, 4.69) is 15.7 Å². The Kier molecular flexibility index (Phi) is 6.00. The Morgan fingerprint density at radius 3 is 2.56 bits per heavy atom. The van der Waals surface area contributed by atoms with Crippen molar-refractivity contribution in [3.63, 3.8) is 0 Å². The van der Waals surface area contributed by atoms with Crippen LogP contribution in [0.3, 0.4) is 0 Å². The summed E-state index contributed by atoms with van der Waals surface area (Å²) in [4.78, 5) is 37.3. The lowest BCUT2D eigenvalue weighted by Gasteiger charge is -2.07. The van der Waals surface area contributed by atoms with Crippen LogP contribution in [-0.2, 0) is 11.3 Å². The number of nitrogens with two attached hydrogens (primary N) is 1. The number of thiophene rings is 1. The highest BCUT2D eigenvalue weighted by molar-refractivity contribution is 7.20. The van der Waals surface area contributed by atoms with Gasteiger partial charge in [-0.3, -0.25) is 19.1 Å². The fraction of sp³-hybridized carbons (Fsp3) is 0.130. The molecule has 0 unspecified atom stereocenters. The summed E-state index contributed by atoms with van der Waals surface area (Å²) in [6.45, 7) is 2.29. The van der Waals surface area contributed by atoms with Crippen molar-refractivity contribution in [2.75, 3.05) is 11.9 Å². The lowest BCUT2D eigenvalue weighted by atomic mass is 10.2. The van der Waals surface area contributed by atoms with Crippen LogP contribution in [0, 0.1) is 6.92 Å². The average molecular weight is 448 g/mol. The first-order chi connectivity index (χ1) is 15.4. The minimum Gasteiger partial charge on any atom is -0.368 e. The van der Waals surface area contributed by atoms with Crippen molar-refractivity contribution in [1.82, 2.24) is 15.1 Å². The van der Waals surface area contributed by atoms with Crippen molar-refractivity contribution in [3.8, 4) is 0 Å². The van der Waals surface area contributed by atoms with Gasteiger partial charge < -0.3 is 16.4 Å². The van der Waals surface area contributed by atoms with E-state index in [4.69, 9.17) is 5.73 Å². The monoisotopic (exact) mass is 447 g/mol. The maximum Gasteiger partial charge on any atom is 0.265 e. The van der Waals surface area contributed by atoms with Gasteiger partial charge in [0.05, 0.1) is 23.7 Å². The molecule has 2 aromatic heterocycles. The first-order valence-electron chi connectivity index (χ1n) is 9.89. The summed E-state index contributed by atoms with van der Waals surface area (Å²) in [5, 5.41) is 10.8. The molecule has 0 aliphatic heterocycles. The Balaban J connectivity index is 1.52. The van der Waals surface area contributed by atoms with E-state index in [1.807, 2.05) is 48.0 Å². The van der Waals surface area contributed by atoms with Crippen LogP contribution in [0.15, 0.2) is 60.7 Å². The molecule has 0 bridgehead atoms. The predicted molar refractivity (Wildman–Crippen MR) is 124 cm³/mol. The van der Waals surface area contributed by atoms with Gasteiger partial charge in [0.2, 0.25) is 5.91 Å². The summed E-state index contributed by atoms with van der Waals surface area (Å²) in [6.07, 6.45) is 0. The zero-order chi connectivity index (χ0) is 22.7. The van der Waals surface area contributed by atoms with E-state index in [1.54, 1.807) is 24.3 Å². The number of aryl methyl sites for hydroxylation is 1. The number of nitrogens with zero attached hydrogens (tertiary/aromatic N) is 2. The molecule has 2 heterocycles. The highest BCUT2D eigenvalue weighted by Crippen LogP contribution is 2.29. The zero-order valence-electron chi connectivity index (χ0n) is 17.3. The standard InChI is InChI=1S/C23H21N5O3S/c1-14-18-11-19(32-23(18)28(27-14)13-15-6-3-2-4-7-15)22(31)26-17-9-5-8-16(10-17)21(30)25-12-20(24)29/h2-11H,12-13H2,1H3,(H2,24,29)(H,25,30)(H,26,31). The number of fused-ring (bicyclic) bond motifs is 1. The van der Waals surface area contributed by atoms with Crippen molar-refractivity contribution in [1.29, 1.82) is 0 Å². The lowest BCUT2D eigenvalue weighted by molar-refractivity contribution is -0.117. The number of carbonyl (C=O) groups is 3. The van der Waals surface area contributed by atoms with Crippen LogP contribution in [0.25, 0.3) is 10.2 Å². The summed E-state index contributed by atoms with van der Waals surface area (Å²) in [6, 6.07) is 18.3. The van der Waals surface area contributed by atoms with Crippen molar-refractivity contribution >= 4 is 45.0 Å². The minimum atomic E-state index is -0.631. The van der Waals surface area contributed by atoms with Gasteiger partial charge in [0.1, 0.15) is 4.83 Å². The number of amides is 3. The van der Waals surface area contributed by atoms with Gasteiger partial charge in [-0.2, -0.15) is 5.10 Å². The average Bonchev–Trinajstić information content (AvgIpc) is 3.34. The number of carbonyl (C=O) groups excluding carboxylic acids is 3. The smallest absolute Gasteiger partial charge is 0.265 e. The van der Waals surface area contributed by atoms with Crippen LogP contribution in [0.2, 0.25) is 0 Å². The van der Waals surface area contributed by atoms with E-state index < -0.39 is 11.8 Å². The molecule has 4 rings (SSSR count). The van der Waals surface area contributed by atoms with Crippen LogP contribution < -0.4 is 16.4 Å². The summed E-state index contributed by atoms with van der Waals surface area (Å²) >= 11 is 1.37. The fourth-order valence-corrected chi connectivity index (χ4v) is 4.34. The van der Waals surface area contributed by atoms with Crippen LogP contribution in [-0.4, -0.2) is 34.0 Å². The van der Waals surface area contributed by atoms with Crippen molar-refractivity contribution in [3.05, 3.63) is 82.4 Å². The third-order valence-electron chi connectivity index (χ3n) is 4.81. The maximum absolute atomic E-state index is 12.9. The second kappa shape index (κ2) is 9.03. The summed E-state index contributed by atoms with van der Waals surface area (Å²) in [5.41, 5.74) is 7.83. The van der Waals surface area contributed by atoms with Gasteiger partial charge in [0.25, 0.3) is 11.8 Å². The van der Waals surface area contributed by atoms with Crippen molar-refractivity contribution in [2.24, 2.45) is 5.73 Å². The molecule has 32 heavy (non-hydrogen) atoms. The quantitative estimate of drug-likeness (QED) is 0.403. The van der Waals surface area contributed by atoms with E-state index in [9.17, 15) is 14.4 Å². The van der Waals surface area contributed by atoms with Gasteiger partial charge >= 0.3 is 0 Å². The number of primary amides is 1. The van der Waals surface area contributed by atoms with Crippen LogP contribution >= 0.6 is 11.3 Å². The van der Waals surface area contributed by atoms with Crippen molar-refractivity contribution < 1.29 is 14.4 Å². The number of anilines is 1. The van der Waals surface area contributed by atoms with E-state index in [-0.39, 0.29) is 12.5 Å². The Morgan fingerprint density at radius 1 is 1.03 bits per heavy atom. The molecular weight excluding hydrogens is 426 g/mol. The molecule has 4 N–H and O–H groups in total. The molecule has 0 aliphatic carbocycles. The Morgan fingerprint density at radius 2 is 1.81 bits per heavy atom. The first-order valence-corrected chi connectivity index (χ1v) is 10.7. The molecule has 0 fully saturated rings.